The van der Waals surface area contributed by atoms with Gasteiger partial charge < -0.3 is 31.9 Å². The van der Waals surface area contributed by atoms with Crippen LogP contribution in [0.15, 0.2) is 526 Å². The molecule has 2 aliphatic carbocycles. The predicted octanol–water partition coefficient (Wildman–Crippen LogP) is 37.5. The van der Waals surface area contributed by atoms with Gasteiger partial charge in [-0.05, 0) is 272 Å². The lowest BCUT2D eigenvalue weighted by Crippen LogP contribution is -2.25. The highest BCUT2D eigenvalue weighted by molar-refractivity contribution is 6.23. The van der Waals surface area contributed by atoms with Crippen molar-refractivity contribution in [3.63, 3.8) is 0 Å². The van der Waals surface area contributed by atoms with Gasteiger partial charge in [-0.25, -0.2) is 15.0 Å². The Morgan fingerprint density at radius 2 is 0.500 bits per heavy atom. The zero-order chi connectivity index (χ0) is 96.0. The molecular weight excluding hydrogens is 1780 g/mol. The predicted molar refractivity (Wildman–Crippen MR) is 600 cm³/mol. The quantitative estimate of drug-likeness (QED) is 0.110. The molecule has 0 saturated carbocycles. The maximum Gasteiger partial charge on any atom is 0.227 e. The van der Waals surface area contributed by atoms with Gasteiger partial charge in [0.1, 0.15) is 33.3 Å². The van der Waals surface area contributed by atoms with Gasteiger partial charge in [0.2, 0.25) is 17.7 Å². The Balaban J connectivity index is 0.000000104. The van der Waals surface area contributed by atoms with Crippen LogP contribution in [0, 0.1) is 0 Å². The van der Waals surface area contributed by atoms with Gasteiger partial charge in [0.05, 0.1) is 22.2 Å². The monoisotopic (exact) mass is 1870 g/mol. The molecule has 0 aliphatic heterocycles. The molecule has 0 amide bonds. The summed E-state index contributed by atoms with van der Waals surface area (Å²) in [6, 6.07) is 178. The summed E-state index contributed by atoms with van der Waals surface area (Å²) in [5.74, 6) is 1.88. The van der Waals surface area contributed by atoms with Crippen LogP contribution in [-0.2, 0) is 5.41 Å². The van der Waals surface area contributed by atoms with E-state index in [4.69, 9.17) is 37.0 Å². The third kappa shape index (κ3) is 13.6. The molecule has 2 aliphatic rings. The molecule has 10 heteroatoms. The number of benzene rings is 24. The van der Waals surface area contributed by atoms with E-state index >= 15 is 0 Å². The number of fused-ring (bicyclic) bond motifs is 31. The van der Waals surface area contributed by atoms with E-state index in [1.807, 2.05) is 121 Å². The summed E-state index contributed by atoms with van der Waals surface area (Å²) in [5.41, 5.74) is 34.8. The third-order valence-corrected chi connectivity index (χ3v) is 29.6. The minimum atomic E-state index is -0.363. The minimum absolute atomic E-state index is 0.363. The number of hydrogen-bond acceptors (Lipinski definition) is 10. The van der Waals surface area contributed by atoms with Crippen LogP contribution in [0.25, 0.3) is 232 Å². The van der Waals surface area contributed by atoms with Crippen LogP contribution < -0.4 is 9.80 Å². The molecule has 682 valence electrons. The van der Waals surface area contributed by atoms with Crippen LogP contribution in [-0.4, -0.2) is 15.0 Å². The van der Waals surface area contributed by atoms with Crippen LogP contribution in [0.1, 0.15) is 22.3 Å². The SMILES string of the molecule is c1ccc(-c2cccc(N(c3ccc4ccc5ccc6nc(-c7ccccc7)oc6c5c4c3)c3cccc4c3oc3ccccc34)c2)cc1.c1ccc(-c2cccc(N(c3ccc4ccc5ccc6nc(-c7ccccc7)oc6c5c4c3)c3cccc4oc5ccccc5c34)c2)cc1.c1ccc(-c2nc3ccc4ccc5ccc(-c6ccc7c(c6)C6(c8ccccc8-c8ccccc86)c6ccccc6-7)cc5c4c3o2)cc1. The fourth-order valence-electron chi connectivity index (χ4n) is 23.0. The molecule has 0 fully saturated rings. The molecule has 0 N–H and O–H groups in total. The number of oxazole rings is 3. The Labute approximate surface area is 838 Å². The van der Waals surface area contributed by atoms with Crippen molar-refractivity contribution in [2.75, 3.05) is 9.80 Å². The number of furan rings is 2. The third-order valence-electron chi connectivity index (χ3n) is 29.6. The van der Waals surface area contributed by atoms with Gasteiger partial charge in [0, 0.05) is 71.8 Å². The molecule has 0 unspecified atom stereocenters. The van der Waals surface area contributed by atoms with Crippen molar-refractivity contribution >= 4 is 176 Å². The van der Waals surface area contributed by atoms with Crippen LogP contribution in [0.4, 0.5) is 34.1 Å². The molecule has 5 heterocycles. The van der Waals surface area contributed by atoms with Crippen molar-refractivity contribution in [3.05, 3.63) is 526 Å². The van der Waals surface area contributed by atoms with Crippen molar-refractivity contribution in [1.82, 2.24) is 15.0 Å². The average molecular weight is 1870 g/mol. The Morgan fingerprint density at radius 3 is 0.993 bits per heavy atom. The Hall–Kier alpha value is -19.6. The number of anilines is 6. The first kappa shape index (κ1) is 83.4. The van der Waals surface area contributed by atoms with Crippen molar-refractivity contribution in [1.29, 1.82) is 0 Å². The molecule has 0 bridgehead atoms. The van der Waals surface area contributed by atoms with Gasteiger partial charge in [0.15, 0.2) is 22.3 Å². The molecule has 31 rings (SSSR count). The molecule has 5 aromatic heterocycles. The summed E-state index contributed by atoms with van der Waals surface area (Å²) in [6.45, 7) is 0. The van der Waals surface area contributed by atoms with E-state index < -0.39 is 0 Å². The van der Waals surface area contributed by atoms with E-state index in [9.17, 15) is 0 Å². The minimum Gasteiger partial charge on any atom is -0.456 e. The van der Waals surface area contributed by atoms with Gasteiger partial charge in [-0.1, -0.05) is 358 Å². The summed E-state index contributed by atoms with van der Waals surface area (Å²) in [6.07, 6.45) is 0. The molecule has 10 nitrogen and oxygen atoms in total. The Kier molecular flexibility index (Phi) is 19.4. The van der Waals surface area contributed by atoms with Crippen molar-refractivity contribution in [2.45, 2.75) is 5.41 Å². The van der Waals surface area contributed by atoms with E-state index in [2.05, 4.69) is 392 Å². The Bertz CT molecular complexity index is 10200. The molecular formula is C136H83N5O5. The zero-order valence-electron chi connectivity index (χ0n) is 78.7. The van der Waals surface area contributed by atoms with E-state index in [1.54, 1.807) is 0 Å². The number of hydrogen-bond donors (Lipinski definition) is 0. The van der Waals surface area contributed by atoms with Crippen LogP contribution >= 0.6 is 0 Å². The van der Waals surface area contributed by atoms with Crippen LogP contribution in [0.5, 0.6) is 0 Å². The van der Waals surface area contributed by atoms with Crippen molar-refractivity contribution in [2.24, 2.45) is 0 Å². The van der Waals surface area contributed by atoms with Crippen molar-refractivity contribution < 1.29 is 22.1 Å². The number of para-hydroxylation sites is 3. The molecule has 24 aromatic carbocycles. The van der Waals surface area contributed by atoms with E-state index in [-0.39, 0.29) is 5.41 Å². The largest absolute Gasteiger partial charge is 0.456 e. The normalized spacial score (nSPS) is 12.3. The maximum absolute atomic E-state index is 6.62. The summed E-state index contributed by atoms with van der Waals surface area (Å²) >= 11 is 0. The fourth-order valence-corrected chi connectivity index (χ4v) is 23.0. The highest BCUT2D eigenvalue weighted by Crippen LogP contribution is 2.64. The molecule has 1 spiro atoms. The Morgan fingerprint density at radius 1 is 0.171 bits per heavy atom. The summed E-state index contributed by atoms with van der Waals surface area (Å²) in [4.78, 5) is 19.4. The number of rotatable bonds is 12. The van der Waals surface area contributed by atoms with Gasteiger partial charge in [-0.15, -0.1) is 0 Å². The highest BCUT2D eigenvalue weighted by atomic mass is 16.4. The first-order valence-corrected chi connectivity index (χ1v) is 49.5. The fraction of sp³-hybridized carbons (Fsp3) is 0.00735. The second-order valence-corrected chi connectivity index (χ2v) is 37.8. The maximum atomic E-state index is 6.62. The van der Waals surface area contributed by atoms with Crippen LogP contribution in [0.3, 0.4) is 0 Å². The lowest BCUT2D eigenvalue weighted by atomic mass is 9.70. The topological polar surface area (TPSA) is 111 Å². The van der Waals surface area contributed by atoms with E-state index in [1.165, 1.54) is 72.0 Å². The molecule has 0 radical (unpaired) electrons. The second kappa shape index (κ2) is 33.9. The lowest BCUT2D eigenvalue weighted by molar-refractivity contribution is 0.623. The molecule has 29 aromatic rings. The highest BCUT2D eigenvalue weighted by Gasteiger charge is 2.52. The van der Waals surface area contributed by atoms with E-state index in [0.717, 1.165) is 199 Å². The first-order chi connectivity index (χ1) is 72.3. The molecule has 146 heavy (non-hydrogen) atoms. The standard InChI is InChI=1S/C46H27NO.2C45H28N2O2/c1-2-10-30(11-3-1)45-47-42-25-23-29-20-18-28-19-21-31(26-37(28)43(29)44(42)48-45)32-22-24-36-35-14-6-9-17-40(35)46(41(36)27-32)38-15-7-4-12-33(38)34-13-5-8-16-39(34)46;1-3-11-29(12-4-1)33-15-9-16-34(27-33)47(40-19-10-18-37-36-17-7-8-20-41(36)48-43(37)40)35-25-23-30-21-22-31-24-26-39-44(42(31)38(30)28-35)49-45(46-39)32-13-5-2-6-14-32;1-3-11-29(12-4-1)33-15-9-16-34(27-33)47(39-18-10-20-41-43(39)36-17-7-8-19-40(36)48-41)35-25-23-30-21-22-31-24-26-38-44(42(31)37(30)28-35)49-45(46-38)32-13-5-2-6-14-32/h1-27H;2*1-28H. The van der Waals surface area contributed by atoms with Gasteiger partial charge >= 0.3 is 0 Å². The number of aromatic nitrogens is 3. The molecule has 0 saturated heterocycles. The summed E-state index contributed by atoms with van der Waals surface area (Å²) < 4.78 is 32.7. The lowest BCUT2D eigenvalue weighted by Gasteiger charge is -2.30. The summed E-state index contributed by atoms with van der Waals surface area (Å²) in [5, 5.41) is 17.7. The van der Waals surface area contributed by atoms with Crippen molar-refractivity contribution in [3.8, 4) is 90.0 Å². The van der Waals surface area contributed by atoms with E-state index in [0.29, 0.717) is 17.7 Å². The first-order valence-electron chi connectivity index (χ1n) is 49.5. The smallest absolute Gasteiger partial charge is 0.227 e. The zero-order valence-corrected chi connectivity index (χ0v) is 78.7. The number of nitrogens with zero attached hydrogens (tertiary/aromatic N) is 5. The van der Waals surface area contributed by atoms with Gasteiger partial charge in [-0.3, -0.25) is 0 Å². The van der Waals surface area contributed by atoms with Gasteiger partial charge in [-0.2, -0.15) is 0 Å². The summed E-state index contributed by atoms with van der Waals surface area (Å²) in [7, 11) is 0. The second-order valence-electron chi connectivity index (χ2n) is 37.8. The van der Waals surface area contributed by atoms with Gasteiger partial charge in [0.25, 0.3) is 0 Å². The van der Waals surface area contributed by atoms with Crippen LogP contribution in [0.2, 0.25) is 0 Å². The molecule has 0 atom stereocenters. The average Bonchev–Trinajstić information content (AvgIpc) is 1.50.